The third kappa shape index (κ3) is 3.03. The molecule has 0 atom stereocenters. The van der Waals surface area contributed by atoms with Gasteiger partial charge in [0.25, 0.3) is 0 Å². The summed E-state index contributed by atoms with van der Waals surface area (Å²) in [7, 11) is -3.66. The summed E-state index contributed by atoms with van der Waals surface area (Å²) in [5, 5.41) is 4.44. The maximum atomic E-state index is 12.8. The SMILES string of the molecule is O=S(=O)(Cc1noc2ccccc12)Nc1ccc(F)cc1. The first-order valence-electron chi connectivity index (χ1n) is 6.13. The number of hydrogen-bond donors (Lipinski definition) is 1. The lowest BCUT2D eigenvalue weighted by Crippen LogP contribution is -2.15. The zero-order chi connectivity index (χ0) is 14.9. The van der Waals surface area contributed by atoms with Crippen molar-refractivity contribution in [2.75, 3.05) is 4.72 Å². The minimum absolute atomic E-state index is 0.296. The lowest BCUT2D eigenvalue weighted by Gasteiger charge is -2.06. The lowest BCUT2D eigenvalue weighted by molar-refractivity contribution is 0.448. The van der Waals surface area contributed by atoms with Crippen molar-refractivity contribution in [3.8, 4) is 0 Å². The Morgan fingerprint density at radius 2 is 1.81 bits per heavy atom. The van der Waals surface area contributed by atoms with E-state index in [-0.39, 0.29) is 5.75 Å². The summed E-state index contributed by atoms with van der Waals surface area (Å²) in [6.07, 6.45) is 0. The normalized spacial score (nSPS) is 11.7. The van der Waals surface area contributed by atoms with Crippen LogP contribution in [0.3, 0.4) is 0 Å². The predicted octanol–water partition coefficient (Wildman–Crippen LogP) is 2.91. The summed E-state index contributed by atoms with van der Waals surface area (Å²) in [6, 6.07) is 12.1. The molecular formula is C14H11FN2O3S. The van der Waals surface area contributed by atoms with Gasteiger partial charge in [0, 0.05) is 11.1 Å². The summed E-state index contributed by atoms with van der Waals surface area (Å²) in [6.45, 7) is 0. The van der Waals surface area contributed by atoms with E-state index in [4.69, 9.17) is 4.52 Å². The topological polar surface area (TPSA) is 72.2 Å². The molecule has 0 bridgehead atoms. The number of benzene rings is 2. The fourth-order valence-electron chi connectivity index (χ4n) is 1.96. The van der Waals surface area contributed by atoms with Crippen molar-refractivity contribution < 1.29 is 17.3 Å². The average molecular weight is 306 g/mol. The van der Waals surface area contributed by atoms with E-state index in [2.05, 4.69) is 9.88 Å². The van der Waals surface area contributed by atoms with E-state index in [1.165, 1.54) is 24.3 Å². The van der Waals surface area contributed by atoms with E-state index in [9.17, 15) is 12.8 Å². The van der Waals surface area contributed by atoms with Crippen LogP contribution in [0.4, 0.5) is 10.1 Å². The first-order valence-corrected chi connectivity index (χ1v) is 7.78. The number of anilines is 1. The molecule has 7 heteroatoms. The van der Waals surface area contributed by atoms with Crippen molar-refractivity contribution in [2.45, 2.75) is 5.75 Å². The van der Waals surface area contributed by atoms with E-state index in [1.807, 2.05) is 0 Å². The molecule has 0 aliphatic heterocycles. The Hall–Kier alpha value is -2.41. The molecule has 0 saturated heterocycles. The van der Waals surface area contributed by atoms with Gasteiger partial charge < -0.3 is 4.52 Å². The second-order valence-electron chi connectivity index (χ2n) is 4.49. The smallest absolute Gasteiger partial charge is 0.238 e. The first kappa shape index (κ1) is 13.6. The van der Waals surface area contributed by atoms with Crippen LogP contribution in [-0.2, 0) is 15.8 Å². The molecule has 0 saturated carbocycles. The molecule has 0 radical (unpaired) electrons. The van der Waals surface area contributed by atoms with Crippen LogP contribution in [-0.4, -0.2) is 13.6 Å². The molecular weight excluding hydrogens is 295 g/mol. The number of sulfonamides is 1. The summed E-state index contributed by atoms with van der Waals surface area (Å²) < 4.78 is 44.5. The van der Waals surface area contributed by atoms with E-state index in [0.29, 0.717) is 22.4 Å². The Balaban J connectivity index is 1.84. The monoisotopic (exact) mass is 306 g/mol. The van der Waals surface area contributed by atoms with Crippen LogP contribution in [0.2, 0.25) is 0 Å². The average Bonchev–Trinajstić information content (AvgIpc) is 2.84. The number of nitrogens with zero attached hydrogens (tertiary/aromatic N) is 1. The number of halogens is 1. The molecule has 3 aromatic rings. The molecule has 5 nitrogen and oxygen atoms in total. The zero-order valence-electron chi connectivity index (χ0n) is 10.8. The van der Waals surface area contributed by atoms with Crippen molar-refractivity contribution >= 4 is 26.7 Å². The van der Waals surface area contributed by atoms with Crippen LogP contribution in [0.25, 0.3) is 11.0 Å². The predicted molar refractivity (Wildman–Crippen MR) is 76.7 cm³/mol. The maximum Gasteiger partial charge on any atom is 0.238 e. The number of nitrogens with one attached hydrogen (secondary N) is 1. The van der Waals surface area contributed by atoms with E-state index >= 15 is 0 Å². The molecule has 1 heterocycles. The molecule has 0 aliphatic carbocycles. The molecule has 3 rings (SSSR count). The molecule has 0 unspecified atom stereocenters. The van der Waals surface area contributed by atoms with Gasteiger partial charge in [-0.1, -0.05) is 17.3 Å². The zero-order valence-corrected chi connectivity index (χ0v) is 11.6. The molecule has 1 N–H and O–H groups in total. The number of fused-ring (bicyclic) bond motifs is 1. The molecule has 108 valence electrons. The highest BCUT2D eigenvalue weighted by Crippen LogP contribution is 2.20. The van der Waals surface area contributed by atoms with Gasteiger partial charge >= 0.3 is 0 Å². The third-order valence-corrected chi connectivity index (χ3v) is 4.10. The van der Waals surface area contributed by atoms with Crippen LogP contribution in [0.15, 0.2) is 53.1 Å². The van der Waals surface area contributed by atoms with Crippen LogP contribution >= 0.6 is 0 Å². The molecule has 0 spiro atoms. The molecule has 0 amide bonds. The van der Waals surface area contributed by atoms with Crippen molar-refractivity contribution in [3.63, 3.8) is 0 Å². The van der Waals surface area contributed by atoms with Crippen molar-refractivity contribution in [3.05, 3.63) is 60.0 Å². The summed E-state index contributed by atoms with van der Waals surface area (Å²) in [5.74, 6) is -0.748. The largest absolute Gasteiger partial charge is 0.356 e. The number of hydrogen-bond acceptors (Lipinski definition) is 4. The molecule has 21 heavy (non-hydrogen) atoms. The fraction of sp³-hybridized carbons (Fsp3) is 0.0714. The van der Waals surface area contributed by atoms with Crippen molar-refractivity contribution in [2.24, 2.45) is 0 Å². The van der Waals surface area contributed by atoms with E-state index in [1.54, 1.807) is 24.3 Å². The molecule has 1 aromatic heterocycles. The lowest BCUT2D eigenvalue weighted by atomic mass is 10.2. The first-order chi connectivity index (χ1) is 10.0. The van der Waals surface area contributed by atoms with Crippen molar-refractivity contribution in [1.82, 2.24) is 5.16 Å². The van der Waals surface area contributed by atoms with Gasteiger partial charge in [0.15, 0.2) is 5.58 Å². The minimum atomic E-state index is -3.66. The van der Waals surface area contributed by atoms with Crippen molar-refractivity contribution in [1.29, 1.82) is 0 Å². The quantitative estimate of drug-likeness (QED) is 0.804. The molecule has 0 aliphatic rings. The maximum absolute atomic E-state index is 12.8. The van der Waals surface area contributed by atoms with Crippen LogP contribution < -0.4 is 4.72 Å². The van der Waals surface area contributed by atoms with Crippen LogP contribution in [0, 0.1) is 5.82 Å². The van der Waals surface area contributed by atoms with Crippen LogP contribution in [0.5, 0.6) is 0 Å². The standard InChI is InChI=1S/C14H11FN2O3S/c15-10-5-7-11(8-6-10)17-21(18,19)9-13-12-3-1-2-4-14(12)20-16-13/h1-8,17H,9H2. The molecule has 2 aromatic carbocycles. The number of aromatic nitrogens is 1. The van der Waals surface area contributed by atoms with Gasteiger partial charge in [-0.05, 0) is 36.4 Å². The highest BCUT2D eigenvalue weighted by Gasteiger charge is 2.17. The van der Waals surface area contributed by atoms with Gasteiger partial charge in [-0.15, -0.1) is 0 Å². The van der Waals surface area contributed by atoms with Crippen LogP contribution in [0.1, 0.15) is 5.69 Å². The number of rotatable bonds is 4. The van der Waals surface area contributed by atoms with Gasteiger partial charge in [-0.3, -0.25) is 4.72 Å². The Morgan fingerprint density at radius 1 is 1.10 bits per heavy atom. The number of para-hydroxylation sites is 1. The van der Waals surface area contributed by atoms with Gasteiger partial charge in [0.1, 0.15) is 17.3 Å². The second-order valence-corrected chi connectivity index (χ2v) is 6.22. The fourth-order valence-corrected chi connectivity index (χ4v) is 3.09. The third-order valence-electron chi connectivity index (χ3n) is 2.90. The summed E-state index contributed by atoms with van der Waals surface area (Å²) >= 11 is 0. The summed E-state index contributed by atoms with van der Waals surface area (Å²) in [4.78, 5) is 0. The van der Waals surface area contributed by atoms with E-state index in [0.717, 1.165) is 0 Å². The summed E-state index contributed by atoms with van der Waals surface area (Å²) in [5.41, 5.74) is 1.16. The van der Waals surface area contributed by atoms with Gasteiger partial charge in [-0.25, -0.2) is 12.8 Å². The Morgan fingerprint density at radius 3 is 2.57 bits per heavy atom. The Labute approximate surface area is 120 Å². The Bertz CT molecular complexity index is 873. The second kappa shape index (κ2) is 5.17. The van der Waals surface area contributed by atoms with Gasteiger partial charge in [-0.2, -0.15) is 0 Å². The van der Waals surface area contributed by atoms with Gasteiger partial charge in [0.2, 0.25) is 10.0 Å². The minimum Gasteiger partial charge on any atom is -0.356 e. The highest BCUT2D eigenvalue weighted by atomic mass is 32.2. The van der Waals surface area contributed by atoms with Gasteiger partial charge in [0.05, 0.1) is 0 Å². The Kier molecular flexibility index (Phi) is 3.34. The molecule has 0 fully saturated rings. The van der Waals surface area contributed by atoms with E-state index < -0.39 is 15.8 Å². The highest BCUT2D eigenvalue weighted by molar-refractivity contribution is 7.91.